The van der Waals surface area contributed by atoms with Gasteiger partial charge in [0.15, 0.2) is 0 Å². The van der Waals surface area contributed by atoms with E-state index in [1.807, 2.05) is 17.0 Å². The van der Waals surface area contributed by atoms with Crippen LogP contribution in [0.5, 0.6) is 0 Å². The van der Waals surface area contributed by atoms with Gasteiger partial charge < -0.3 is 94.7 Å². The van der Waals surface area contributed by atoms with Gasteiger partial charge in [0.25, 0.3) is 11.4 Å². The lowest BCUT2D eigenvalue weighted by Crippen LogP contribution is -2.61. The summed E-state index contributed by atoms with van der Waals surface area (Å²) in [4.78, 5) is 232. The third-order valence-corrected chi connectivity index (χ3v) is 19.8. The van der Waals surface area contributed by atoms with E-state index >= 15 is 4.79 Å². The monoisotopic (exact) mass is 1760 g/mol. The number of nitrogens with zero attached hydrogens (tertiary/aromatic N) is 5. The number of non-ortho nitro benzene ring substituents is 1. The smallest absolute Gasteiger partial charge is 0.408 e. The van der Waals surface area contributed by atoms with E-state index in [2.05, 4.69) is 73.4 Å². The van der Waals surface area contributed by atoms with E-state index in [1.54, 1.807) is 97.3 Å². The number of alkyl halides is 2. The minimum Gasteiger partial charge on any atom is -0.444 e. The molecular weight excluding hydrogens is 1650 g/mol. The molecule has 0 bridgehead atoms. The molecule has 3 aromatic carbocycles. The summed E-state index contributed by atoms with van der Waals surface area (Å²) in [5.41, 5.74) is 10.3. The molecule has 2 heterocycles. The Hall–Kier alpha value is -11.7. The summed E-state index contributed by atoms with van der Waals surface area (Å²) in [7, 11) is 0. The first kappa shape index (κ1) is 101. The number of aliphatic hydroxyl groups excluding tert-OH is 1. The summed E-state index contributed by atoms with van der Waals surface area (Å²) in [6.45, 7) is 16.3. The van der Waals surface area contributed by atoms with E-state index in [0.717, 1.165) is 24.7 Å². The largest absolute Gasteiger partial charge is 0.444 e. The normalized spacial score (nSPS) is 14.1. The van der Waals surface area contributed by atoms with Crippen molar-refractivity contribution in [3.63, 3.8) is 0 Å². The lowest BCUT2D eigenvalue weighted by atomic mass is 10.0. The third-order valence-electron chi connectivity index (χ3n) is 18.8. The number of rotatable bonds is 50. The number of aliphatic hydroxyl groups is 1. The number of para-hydroxylation sites is 1. The summed E-state index contributed by atoms with van der Waals surface area (Å²) < 4.78 is 5.47. The predicted octanol–water partition coefficient (Wildman–Crippen LogP) is 2.08. The molecule has 2 aromatic heterocycles. The van der Waals surface area contributed by atoms with Gasteiger partial charge in [-0.2, -0.15) is 11.8 Å². The molecule has 0 aliphatic heterocycles. The minimum atomic E-state index is -1.90. The standard InChI is InChI=1S/C79H112Cl2N20O20S/c1-42(2)31-56(92-74(112)58(95-78(116)121-79(9,10)11)33-47-17-19-50(20-18-47)98(28-26-80)29-27-81)70(108)86-39-64(104)96-67(46(8)102)77(115)91-55(22-24-63(82)103)71(109)93-59(34-48-37-85-53-16-14-13-15-52(48)53)72(110)89-45(7)69(107)97-66(44(5)6)76(114)87-40-65(105)99(60-23-21-51(100(117)118)36-61(60)101(119)120)62(35-49-38-84-41-88-49)75(113)94-57(32-43(3)4)73(111)90-54(68(83)106)25-30-122-12/h13-21,23,36-38,41-46,54-59,62,66-67,85,102H,22,24-35,39-40H2,1-12H3,(H2,82,103)(H2,83,106)(H,84,88)(H,86,108)(H,87,114)(H,89,110)(H,90,111)(H,91,115)(H,92,112)(H,93,109)(H,94,113)(H,95,116)(H,96,104)(H,97,107)/t45-,46+,54-,55-,56-,57-,58-,59-,62-,66-,67-/m0/s1. The SMILES string of the molecule is CSCC[C@H](NC(=O)[C@H](CC(C)C)NC(=O)[C@H](Cc1cnc[nH]1)N(C(=O)CNC(=O)[C@@H](NC(=O)[C@H](C)NC(=O)[C@H](Cc1c[nH]c2ccccc12)NC(=O)[C@H](CCC(N)=O)NC(=O)[C@@H](NC(=O)CNC(=O)[C@H](CC(C)C)NC(=O)[C@H](Cc1ccc(N(CCCl)CCCl)cc1)NC(=O)OC(C)(C)C)[C@@H](C)O)C(C)C)c1ccc([N+](=O)[O-])cc1[N+](=O)[O-])C(N)=O. The zero-order chi connectivity index (χ0) is 91.0. The van der Waals surface area contributed by atoms with Crippen LogP contribution in [0.3, 0.4) is 0 Å². The summed E-state index contributed by atoms with van der Waals surface area (Å²) in [5, 5.41) is 64.1. The molecule has 122 heavy (non-hydrogen) atoms. The number of primary amides is 2. The van der Waals surface area contributed by atoms with Gasteiger partial charge in [0.1, 0.15) is 71.7 Å². The summed E-state index contributed by atoms with van der Waals surface area (Å²) in [6, 6.07) is 0.643. The van der Waals surface area contributed by atoms with Gasteiger partial charge in [-0.05, 0) is 125 Å². The van der Waals surface area contributed by atoms with Gasteiger partial charge in [-0.3, -0.25) is 87.5 Å². The van der Waals surface area contributed by atoms with Crippen LogP contribution in [-0.4, -0.2) is 235 Å². The molecule has 0 fully saturated rings. The number of hydrogen-bond acceptors (Lipinski definition) is 23. The highest BCUT2D eigenvalue weighted by Crippen LogP contribution is 2.35. The summed E-state index contributed by atoms with van der Waals surface area (Å²) in [6.07, 6.45) is 1.22. The predicted molar refractivity (Wildman–Crippen MR) is 455 cm³/mol. The molecule has 43 heteroatoms. The number of halogens is 2. The second-order valence-corrected chi connectivity index (χ2v) is 32.9. The Kier molecular flexibility index (Phi) is 40.2. The molecule has 0 saturated carbocycles. The summed E-state index contributed by atoms with van der Waals surface area (Å²) in [5.74, 6) is -13.5. The number of fused-ring (bicyclic) bond motifs is 1. The lowest BCUT2D eigenvalue weighted by Gasteiger charge is -2.32. The Labute approximate surface area is 719 Å². The number of H-pyrrole nitrogens is 2. The van der Waals surface area contributed by atoms with E-state index in [-0.39, 0.29) is 49.6 Å². The zero-order valence-electron chi connectivity index (χ0n) is 70.0. The van der Waals surface area contributed by atoms with Crippen molar-refractivity contribution in [2.24, 2.45) is 29.2 Å². The van der Waals surface area contributed by atoms with E-state index in [9.17, 15) is 87.7 Å². The zero-order valence-corrected chi connectivity index (χ0v) is 72.4. The van der Waals surface area contributed by atoms with Gasteiger partial charge in [0.05, 0.1) is 41.4 Å². The fourth-order valence-corrected chi connectivity index (χ4v) is 13.6. The van der Waals surface area contributed by atoms with Crippen LogP contribution in [0.4, 0.5) is 27.5 Å². The Balaban J connectivity index is 1.37. The van der Waals surface area contributed by atoms with Crippen molar-refractivity contribution in [1.29, 1.82) is 0 Å². The van der Waals surface area contributed by atoms with Gasteiger partial charge in [-0.15, -0.1) is 23.2 Å². The number of nitro groups is 2. The van der Waals surface area contributed by atoms with Crippen LogP contribution in [0, 0.1) is 38.0 Å². The first-order valence-corrected chi connectivity index (χ1v) is 41.9. The van der Waals surface area contributed by atoms with Crippen molar-refractivity contribution in [2.75, 3.05) is 59.7 Å². The van der Waals surface area contributed by atoms with E-state index in [4.69, 9.17) is 39.4 Å². The maximum absolute atomic E-state index is 15.0. The van der Waals surface area contributed by atoms with Gasteiger partial charge in [0.2, 0.25) is 76.8 Å². The second-order valence-electron chi connectivity index (χ2n) is 31.2. The number of thioether (sulfide) groups is 1. The number of nitro benzene ring substituents is 2. The molecule has 5 rings (SSSR count). The number of carbonyl (C=O) groups excluding carboxylic acids is 14. The van der Waals surface area contributed by atoms with Gasteiger partial charge in [-0.25, -0.2) is 9.78 Å². The molecule has 0 aliphatic carbocycles. The number of carbonyl (C=O) groups is 14. The van der Waals surface area contributed by atoms with E-state index in [1.165, 1.54) is 45.1 Å². The van der Waals surface area contributed by atoms with Crippen LogP contribution in [0.2, 0.25) is 0 Å². The number of aromatic amines is 2. The first-order chi connectivity index (χ1) is 57.4. The van der Waals surface area contributed by atoms with E-state index < -0.39 is 220 Å². The number of nitrogens with one attached hydrogen (secondary N) is 13. The van der Waals surface area contributed by atoms with Crippen LogP contribution in [-0.2, 0) is 86.3 Å². The summed E-state index contributed by atoms with van der Waals surface area (Å²) >= 11 is 13.4. The second kappa shape index (κ2) is 48.7. The molecule has 0 saturated heterocycles. The average Bonchev–Trinajstić information content (AvgIpc) is 0.986. The van der Waals surface area contributed by atoms with Crippen LogP contribution < -0.4 is 79.8 Å². The maximum Gasteiger partial charge on any atom is 0.408 e. The molecule has 668 valence electrons. The van der Waals surface area contributed by atoms with Crippen molar-refractivity contribution in [2.45, 2.75) is 200 Å². The fraction of sp³-hybridized carbons (Fsp3) is 0.532. The third kappa shape index (κ3) is 32.3. The highest BCUT2D eigenvalue weighted by Gasteiger charge is 2.41. The molecule has 40 nitrogen and oxygen atoms in total. The topological polar surface area (TPSA) is 590 Å². The van der Waals surface area contributed by atoms with Crippen LogP contribution in [0.25, 0.3) is 10.9 Å². The first-order valence-electron chi connectivity index (χ1n) is 39.4. The Bertz CT molecular complexity index is 4470. The molecule has 0 radical (unpaired) electrons. The van der Waals surface area contributed by atoms with Gasteiger partial charge in [0, 0.05) is 91.3 Å². The molecule has 14 amide bonds. The molecule has 0 spiro atoms. The minimum absolute atomic E-state index is 0.0263. The molecule has 5 aromatic rings. The quantitative estimate of drug-likeness (QED) is 0.0151. The van der Waals surface area contributed by atoms with Gasteiger partial charge in [-0.1, -0.05) is 71.9 Å². The van der Waals surface area contributed by atoms with Crippen molar-refractivity contribution in [3.05, 3.63) is 123 Å². The number of ether oxygens (including phenoxy) is 1. The van der Waals surface area contributed by atoms with Crippen molar-refractivity contribution >= 4 is 152 Å². The number of imidazole rings is 1. The number of anilines is 2. The maximum atomic E-state index is 15.0. The molecule has 18 N–H and O–H groups in total. The number of nitrogens with two attached hydrogens (primary N) is 2. The number of benzene rings is 3. The fourth-order valence-electron chi connectivity index (χ4n) is 12.7. The van der Waals surface area contributed by atoms with Crippen molar-refractivity contribution in [3.8, 4) is 0 Å². The lowest BCUT2D eigenvalue weighted by molar-refractivity contribution is -0.393. The molecule has 0 aliphatic rings. The Morgan fingerprint density at radius 1 is 0.607 bits per heavy atom. The van der Waals surface area contributed by atoms with Crippen LogP contribution >= 0.6 is 35.0 Å². The number of amides is 14. The Morgan fingerprint density at radius 3 is 1.75 bits per heavy atom. The number of aromatic nitrogens is 3. The van der Waals surface area contributed by atoms with Crippen molar-refractivity contribution in [1.82, 2.24) is 73.4 Å². The van der Waals surface area contributed by atoms with Crippen LogP contribution in [0.1, 0.15) is 125 Å². The van der Waals surface area contributed by atoms with Gasteiger partial charge >= 0.3 is 6.09 Å². The molecule has 11 atom stereocenters. The van der Waals surface area contributed by atoms with E-state index in [0.29, 0.717) is 63.6 Å². The average molecular weight is 1760 g/mol. The number of hydrogen-bond donors (Lipinski definition) is 16. The highest BCUT2D eigenvalue weighted by molar-refractivity contribution is 7.98. The highest BCUT2D eigenvalue weighted by atomic mass is 35.5. The molecular formula is C79H112Cl2N20O20S. The molecule has 0 unspecified atom stereocenters. The van der Waals surface area contributed by atoms with Crippen molar-refractivity contribution < 1.29 is 86.8 Å². The van der Waals surface area contributed by atoms with Crippen LogP contribution in [0.15, 0.2) is 85.5 Å². The number of alkyl carbamates (subject to hydrolysis) is 1. The Morgan fingerprint density at radius 2 is 1.18 bits per heavy atom.